The Morgan fingerprint density at radius 2 is 1.71 bits per heavy atom. The summed E-state index contributed by atoms with van der Waals surface area (Å²) in [4.78, 5) is 2.61. The van der Waals surface area contributed by atoms with Crippen LogP contribution < -0.4 is 14.8 Å². The van der Waals surface area contributed by atoms with Crippen molar-refractivity contribution in [3.8, 4) is 11.5 Å². The van der Waals surface area contributed by atoms with Gasteiger partial charge in [0, 0.05) is 36.7 Å². The summed E-state index contributed by atoms with van der Waals surface area (Å²) < 4.78 is 12.0. The summed E-state index contributed by atoms with van der Waals surface area (Å²) in [5.41, 5.74) is 1.33. The van der Waals surface area contributed by atoms with Gasteiger partial charge in [0.05, 0.1) is 14.2 Å². The molecule has 24 heavy (non-hydrogen) atoms. The Labute approximate surface area is 165 Å². The van der Waals surface area contributed by atoms with Crippen molar-refractivity contribution in [1.82, 2.24) is 10.2 Å². The van der Waals surface area contributed by atoms with E-state index in [0.717, 1.165) is 48.1 Å². The van der Waals surface area contributed by atoms with E-state index >= 15 is 0 Å². The quantitative estimate of drug-likeness (QED) is 0.721. The van der Waals surface area contributed by atoms with Gasteiger partial charge in [-0.05, 0) is 30.0 Å². The molecule has 1 N–H and O–H groups in total. The Hall–Kier alpha value is -0.200. The summed E-state index contributed by atoms with van der Waals surface area (Å²) in [5.74, 6) is 2.49. The van der Waals surface area contributed by atoms with Crippen LogP contribution in [-0.2, 0) is 0 Å². The number of piperazine rings is 1. The molecule has 3 rings (SSSR count). The number of methoxy groups -OCH3 is 2. The number of nitrogens with one attached hydrogen (secondary N) is 1. The van der Waals surface area contributed by atoms with E-state index in [2.05, 4.69) is 32.2 Å². The second-order valence-corrected chi connectivity index (χ2v) is 7.06. The molecule has 1 aliphatic carbocycles. The van der Waals surface area contributed by atoms with Gasteiger partial charge in [-0.15, -0.1) is 24.8 Å². The molecule has 0 spiro atoms. The summed E-state index contributed by atoms with van der Waals surface area (Å²) in [6.45, 7) is 4.37. The lowest BCUT2D eigenvalue weighted by molar-refractivity contribution is 0.159. The number of nitrogens with zero attached hydrogens (tertiary/aromatic N) is 1. The van der Waals surface area contributed by atoms with Crippen LogP contribution in [0.4, 0.5) is 0 Å². The van der Waals surface area contributed by atoms with Gasteiger partial charge in [-0.2, -0.15) is 0 Å². The van der Waals surface area contributed by atoms with E-state index < -0.39 is 0 Å². The minimum Gasteiger partial charge on any atom is -0.493 e. The highest BCUT2D eigenvalue weighted by molar-refractivity contribution is 9.10. The first-order valence-electron chi connectivity index (χ1n) is 8.09. The average Bonchev–Trinajstić information content (AvgIpc) is 3.37. The van der Waals surface area contributed by atoms with Crippen molar-refractivity contribution in [3.63, 3.8) is 0 Å². The first kappa shape index (κ1) is 21.8. The lowest BCUT2D eigenvalue weighted by atomic mass is 9.98. The van der Waals surface area contributed by atoms with Gasteiger partial charge in [0.25, 0.3) is 0 Å². The SMILES string of the molecule is COc1cc(Br)c([C@H](CC2CC2)N2CCNCC2)cc1OC.Cl.Cl. The van der Waals surface area contributed by atoms with Crippen molar-refractivity contribution in [1.29, 1.82) is 0 Å². The van der Waals surface area contributed by atoms with Crippen LogP contribution in [0.3, 0.4) is 0 Å². The summed E-state index contributed by atoms with van der Waals surface area (Å²) in [6.07, 6.45) is 4.01. The summed E-state index contributed by atoms with van der Waals surface area (Å²) in [7, 11) is 3.39. The lowest BCUT2D eigenvalue weighted by Crippen LogP contribution is -2.45. The molecule has 0 aromatic heterocycles. The van der Waals surface area contributed by atoms with E-state index in [1.165, 1.54) is 24.8 Å². The highest BCUT2D eigenvalue weighted by Gasteiger charge is 2.32. The molecule has 2 aliphatic rings. The first-order chi connectivity index (χ1) is 10.7. The molecule has 1 aromatic carbocycles. The van der Waals surface area contributed by atoms with Crippen LogP contribution >= 0.6 is 40.7 Å². The Balaban J connectivity index is 0.00000144. The summed E-state index contributed by atoms with van der Waals surface area (Å²) in [6, 6.07) is 4.65. The Bertz CT molecular complexity index is 524. The maximum Gasteiger partial charge on any atom is 0.161 e. The molecular weight excluding hydrogens is 415 g/mol. The fraction of sp³-hybridized carbons (Fsp3) is 0.647. The number of benzene rings is 1. The van der Waals surface area contributed by atoms with E-state index in [1.807, 2.05) is 6.07 Å². The maximum absolute atomic E-state index is 5.51. The summed E-state index contributed by atoms with van der Waals surface area (Å²) in [5, 5.41) is 3.45. The van der Waals surface area contributed by atoms with Crippen LogP contribution in [0.1, 0.15) is 30.9 Å². The topological polar surface area (TPSA) is 33.7 Å². The van der Waals surface area contributed by atoms with E-state index in [9.17, 15) is 0 Å². The van der Waals surface area contributed by atoms with Crippen molar-refractivity contribution >= 4 is 40.7 Å². The Morgan fingerprint density at radius 3 is 2.25 bits per heavy atom. The molecule has 0 radical (unpaired) electrons. The Morgan fingerprint density at radius 1 is 1.12 bits per heavy atom. The van der Waals surface area contributed by atoms with Crippen LogP contribution in [0.15, 0.2) is 16.6 Å². The van der Waals surface area contributed by atoms with E-state index in [4.69, 9.17) is 9.47 Å². The van der Waals surface area contributed by atoms with Gasteiger partial charge in [-0.1, -0.05) is 28.8 Å². The van der Waals surface area contributed by atoms with Gasteiger partial charge < -0.3 is 14.8 Å². The second-order valence-electron chi connectivity index (χ2n) is 6.21. The third-order valence-corrected chi connectivity index (χ3v) is 5.39. The fourth-order valence-electron chi connectivity index (χ4n) is 3.26. The van der Waals surface area contributed by atoms with Gasteiger partial charge in [-0.25, -0.2) is 0 Å². The number of halogens is 3. The van der Waals surface area contributed by atoms with Gasteiger partial charge in [0.15, 0.2) is 11.5 Å². The van der Waals surface area contributed by atoms with E-state index in [0.29, 0.717) is 6.04 Å². The lowest BCUT2D eigenvalue weighted by Gasteiger charge is -2.36. The molecule has 0 bridgehead atoms. The molecular formula is C17H27BrCl2N2O2. The number of ether oxygens (including phenoxy) is 2. The molecule has 0 unspecified atom stereocenters. The smallest absolute Gasteiger partial charge is 0.161 e. The maximum atomic E-state index is 5.51. The standard InChI is InChI=1S/C17H25BrN2O2.2ClH/c1-21-16-10-13(14(18)11-17(16)22-2)15(9-12-3-4-12)20-7-5-19-6-8-20;;/h10-12,15,19H,3-9H2,1-2H3;2*1H/t15-;;/m0../s1. The molecule has 1 aliphatic heterocycles. The van der Waals surface area contributed by atoms with Crippen molar-refractivity contribution in [3.05, 3.63) is 22.2 Å². The summed E-state index contributed by atoms with van der Waals surface area (Å²) >= 11 is 3.75. The van der Waals surface area contributed by atoms with Crippen LogP contribution in [0.2, 0.25) is 0 Å². The molecule has 0 amide bonds. The monoisotopic (exact) mass is 440 g/mol. The molecule has 1 heterocycles. The van der Waals surface area contributed by atoms with Crippen molar-refractivity contribution < 1.29 is 9.47 Å². The molecule has 7 heteroatoms. The molecule has 1 saturated carbocycles. The van der Waals surface area contributed by atoms with Gasteiger partial charge in [0.2, 0.25) is 0 Å². The number of hydrogen-bond acceptors (Lipinski definition) is 4. The second kappa shape index (κ2) is 10.1. The highest BCUT2D eigenvalue weighted by Crippen LogP contribution is 2.44. The fourth-order valence-corrected chi connectivity index (χ4v) is 3.85. The minimum absolute atomic E-state index is 0. The third kappa shape index (κ3) is 5.15. The van der Waals surface area contributed by atoms with Crippen LogP contribution in [0, 0.1) is 5.92 Å². The predicted octanol–water partition coefficient (Wildman–Crippen LogP) is 4.06. The zero-order chi connectivity index (χ0) is 15.5. The third-order valence-electron chi connectivity index (χ3n) is 4.71. The van der Waals surface area contributed by atoms with Crippen molar-refractivity contribution in [2.45, 2.75) is 25.3 Å². The molecule has 4 nitrogen and oxygen atoms in total. The Kier molecular flexibility index (Phi) is 9.17. The zero-order valence-electron chi connectivity index (χ0n) is 14.2. The number of rotatable bonds is 6. The average molecular weight is 442 g/mol. The number of hydrogen-bond donors (Lipinski definition) is 1. The largest absolute Gasteiger partial charge is 0.493 e. The van der Waals surface area contributed by atoms with Crippen LogP contribution in [0.25, 0.3) is 0 Å². The van der Waals surface area contributed by atoms with Gasteiger partial charge in [0.1, 0.15) is 0 Å². The molecule has 2 fully saturated rings. The minimum atomic E-state index is 0. The highest BCUT2D eigenvalue weighted by atomic mass is 79.9. The van der Waals surface area contributed by atoms with Crippen molar-refractivity contribution in [2.75, 3.05) is 40.4 Å². The van der Waals surface area contributed by atoms with Gasteiger partial charge >= 0.3 is 0 Å². The molecule has 1 aromatic rings. The zero-order valence-corrected chi connectivity index (χ0v) is 17.4. The van der Waals surface area contributed by atoms with Crippen LogP contribution in [0.5, 0.6) is 11.5 Å². The van der Waals surface area contributed by atoms with E-state index in [1.54, 1.807) is 14.2 Å². The predicted molar refractivity (Wildman–Crippen MR) is 106 cm³/mol. The van der Waals surface area contributed by atoms with Crippen molar-refractivity contribution in [2.24, 2.45) is 5.92 Å². The molecule has 1 saturated heterocycles. The van der Waals surface area contributed by atoms with E-state index in [-0.39, 0.29) is 24.8 Å². The van der Waals surface area contributed by atoms with Crippen LogP contribution in [-0.4, -0.2) is 45.3 Å². The normalized spacial score (nSPS) is 19.0. The first-order valence-corrected chi connectivity index (χ1v) is 8.88. The molecule has 1 atom stereocenters. The molecule has 138 valence electrons. The van der Waals surface area contributed by atoms with Gasteiger partial charge in [-0.3, -0.25) is 4.90 Å².